The normalized spacial score (nSPS) is 10.7. The first-order chi connectivity index (χ1) is 10.1. The topological polar surface area (TPSA) is 64.1 Å². The van der Waals surface area contributed by atoms with Gasteiger partial charge >= 0.3 is 0 Å². The zero-order chi connectivity index (χ0) is 15.2. The molecule has 1 amide bonds. The van der Waals surface area contributed by atoms with Gasteiger partial charge in [0.1, 0.15) is 5.56 Å². The van der Waals surface area contributed by atoms with E-state index in [9.17, 15) is 13.6 Å². The SMILES string of the molecule is Cc1ncc(CNC(=O)c2cccnc2OCC(F)F)s1. The molecule has 8 heteroatoms. The van der Waals surface area contributed by atoms with Crippen LogP contribution in [0.2, 0.25) is 0 Å². The molecular weight excluding hydrogens is 300 g/mol. The van der Waals surface area contributed by atoms with Gasteiger partial charge in [0.05, 0.1) is 11.6 Å². The number of alkyl halides is 2. The Balaban J connectivity index is 2.01. The number of aromatic nitrogens is 2. The van der Waals surface area contributed by atoms with E-state index in [-0.39, 0.29) is 11.4 Å². The van der Waals surface area contributed by atoms with Gasteiger partial charge in [-0.05, 0) is 19.1 Å². The Bertz CT molecular complexity index is 619. The van der Waals surface area contributed by atoms with Crippen molar-refractivity contribution in [3.8, 4) is 5.88 Å². The van der Waals surface area contributed by atoms with Crippen molar-refractivity contribution >= 4 is 17.2 Å². The summed E-state index contributed by atoms with van der Waals surface area (Å²) in [5.41, 5.74) is 0.124. The Kier molecular flexibility index (Phi) is 5.15. The zero-order valence-electron chi connectivity index (χ0n) is 11.2. The number of nitrogens with one attached hydrogen (secondary N) is 1. The zero-order valence-corrected chi connectivity index (χ0v) is 12.0. The van der Waals surface area contributed by atoms with Gasteiger partial charge in [-0.2, -0.15) is 0 Å². The van der Waals surface area contributed by atoms with Crippen molar-refractivity contribution in [2.24, 2.45) is 0 Å². The maximum Gasteiger partial charge on any atom is 0.272 e. The van der Waals surface area contributed by atoms with Crippen LogP contribution >= 0.6 is 11.3 Å². The molecule has 0 atom stereocenters. The number of hydrogen-bond acceptors (Lipinski definition) is 5. The molecule has 112 valence electrons. The molecule has 0 fully saturated rings. The van der Waals surface area contributed by atoms with Gasteiger partial charge in [0, 0.05) is 17.3 Å². The van der Waals surface area contributed by atoms with Crippen molar-refractivity contribution in [3.63, 3.8) is 0 Å². The minimum Gasteiger partial charge on any atom is -0.471 e. The van der Waals surface area contributed by atoms with E-state index in [0.717, 1.165) is 9.88 Å². The van der Waals surface area contributed by atoms with Crippen LogP contribution in [-0.2, 0) is 6.54 Å². The summed E-state index contributed by atoms with van der Waals surface area (Å²) in [6, 6.07) is 3.02. The lowest BCUT2D eigenvalue weighted by atomic mass is 10.2. The highest BCUT2D eigenvalue weighted by atomic mass is 32.1. The Morgan fingerprint density at radius 2 is 2.29 bits per heavy atom. The van der Waals surface area contributed by atoms with E-state index in [2.05, 4.69) is 15.3 Å². The van der Waals surface area contributed by atoms with Gasteiger partial charge in [-0.1, -0.05) is 0 Å². The third-order valence-electron chi connectivity index (χ3n) is 2.45. The summed E-state index contributed by atoms with van der Waals surface area (Å²) >= 11 is 1.47. The number of pyridine rings is 1. The first kappa shape index (κ1) is 15.3. The van der Waals surface area contributed by atoms with E-state index in [0.29, 0.717) is 6.54 Å². The Morgan fingerprint density at radius 1 is 1.48 bits per heavy atom. The fourth-order valence-electron chi connectivity index (χ4n) is 1.57. The van der Waals surface area contributed by atoms with Crippen molar-refractivity contribution in [1.82, 2.24) is 15.3 Å². The summed E-state index contributed by atoms with van der Waals surface area (Å²) in [6.07, 6.45) is 0.435. The number of hydrogen-bond donors (Lipinski definition) is 1. The molecule has 0 saturated heterocycles. The van der Waals surface area contributed by atoms with Crippen molar-refractivity contribution in [3.05, 3.63) is 40.0 Å². The van der Waals surface area contributed by atoms with Gasteiger partial charge in [0.25, 0.3) is 12.3 Å². The number of ether oxygens (including phenoxy) is 1. The van der Waals surface area contributed by atoms with Gasteiger partial charge in [-0.3, -0.25) is 4.79 Å². The standard InChI is InChI=1S/C13H13F2N3O2S/c1-8-17-5-9(21-8)6-18-12(19)10-3-2-4-16-13(10)20-7-11(14)15/h2-5,11H,6-7H2,1H3,(H,18,19). The number of carbonyl (C=O) groups excluding carboxylic acids is 1. The number of thiazole rings is 1. The molecule has 21 heavy (non-hydrogen) atoms. The molecule has 0 saturated carbocycles. The van der Waals surface area contributed by atoms with E-state index in [1.165, 1.54) is 23.6 Å². The van der Waals surface area contributed by atoms with E-state index < -0.39 is 18.9 Å². The van der Waals surface area contributed by atoms with Crippen molar-refractivity contribution in [2.45, 2.75) is 19.9 Å². The van der Waals surface area contributed by atoms with Gasteiger partial charge < -0.3 is 10.1 Å². The number of rotatable bonds is 6. The summed E-state index contributed by atoms with van der Waals surface area (Å²) in [7, 11) is 0. The molecule has 5 nitrogen and oxygen atoms in total. The Labute approximate surface area is 124 Å². The predicted octanol–water partition coefficient (Wildman–Crippen LogP) is 2.42. The van der Waals surface area contributed by atoms with Crippen LogP contribution in [0.1, 0.15) is 20.2 Å². The average Bonchev–Trinajstić information content (AvgIpc) is 2.88. The molecule has 2 aromatic heterocycles. The lowest BCUT2D eigenvalue weighted by Gasteiger charge is -2.09. The lowest BCUT2D eigenvalue weighted by Crippen LogP contribution is -2.23. The number of aryl methyl sites for hydroxylation is 1. The summed E-state index contributed by atoms with van der Waals surface area (Å²) in [5, 5.41) is 3.58. The van der Waals surface area contributed by atoms with Gasteiger partial charge in [0.15, 0.2) is 6.61 Å². The molecule has 0 aliphatic carbocycles. The predicted molar refractivity (Wildman–Crippen MR) is 73.8 cm³/mol. The number of carbonyl (C=O) groups is 1. The van der Waals surface area contributed by atoms with Crippen molar-refractivity contribution < 1.29 is 18.3 Å². The summed E-state index contributed by atoms with van der Waals surface area (Å²) in [4.78, 5) is 20.8. The first-order valence-electron chi connectivity index (χ1n) is 6.11. The summed E-state index contributed by atoms with van der Waals surface area (Å²) in [5.74, 6) is -0.533. The summed E-state index contributed by atoms with van der Waals surface area (Å²) in [6.45, 7) is 1.38. The molecule has 0 bridgehead atoms. The molecule has 0 aliphatic rings. The fourth-order valence-corrected chi connectivity index (χ4v) is 2.30. The van der Waals surface area contributed by atoms with Crippen molar-refractivity contribution in [1.29, 1.82) is 0 Å². The number of nitrogens with zero attached hydrogens (tertiary/aromatic N) is 2. The minimum absolute atomic E-state index is 0.101. The quantitative estimate of drug-likeness (QED) is 0.889. The maximum atomic E-state index is 12.2. The largest absolute Gasteiger partial charge is 0.471 e. The van der Waals surface area contributed by atoms with Gasteiger partial charge in [-0.25, -0.2) is 18.7 Å². The second-order valence-electron chi connectivity index (χ2n) is 4.09. The molecule has 0 radical (unpaired) electrons. The second kappa shape index (κ2) is 7.07. The van der Waals surface area contributed by atoms with Crippen LogP contribution in [0.15, 0.2) is 24.5 Å². The van der Waals surface area contributed by atoms with Crippen molar-refractivity contribution in [2.75, 3.05) is 6.61 Å². The molecule has 0 aliphatic heterocycles. The third kappa shape index (κ3) is 4.45. The monoisotopic (exact) mass is 313 g/mol. The van der Waals surface area contributed by atoms with Gasteiger partial charge in [-0.15, -0.1) is 11.3 Å². The minimum atomic E-state index is -2.62. The molecule has 0 aromatic carbocycles. The van der Waals surface area contributed by atoms with Gasteiger partial charge in [0.2, 0.25) is 5.88 Å². The highest BCUT2D eigenvalue weighted by Gasteiger charge is 2.15. The second-order valence-corrected chi connectivity index (χ2v) is 5.41. The molecule has 2 aromatic rings. The molecule has 0 spiro atoms. The molecule has 2 heterocycles. The maximum absolute atomic E-state index is 12.2. The summed E-state index contributed by atoms with van der Waals surface area (Å²) < 4.78 is 29.2. The molecular formula is C13H13F2N3O2S. The number of amides is 1. The van der Waals surface area contributed by atoms with E-state index >= 15 is 0 Å². The van der Waals surface area contributed by atoms with E-state index in [1.54, 1.807) is 12.3 Å². The fraction of sp³-hybridized carbons (Fsp3) is 0.308. The highest BCUT2D eigenvalue weighted by Crippen LogP contribution is 2.16. The Hall–Kier alpha value is -2.09. The van der Waals surface area contributed by atoms with Crippen LogP contribution in [0, 0.1) is 6.92 Å². The van der Waals surface area contributed by atoms with Crippen LogP contribution in [0.25, 0.3) is 0 Å². The van der Waals surface area contributed by atoms with Crippen LogP contribution in [0.5, 0.6) is 5.88 Å². The molecule has 1 N–H and O–H groups in total. The smallest absolute Gasteiger partial charge is 0.272 e. The average molecular weight is 313 g/mol. The lowest BCUT2D eigenvalue weighted by molar-refractivity contribution is 0.0772. The third-order valence-corrected chi connectivity index (χ3v) is 3.37. The van der Waals surface area contributed by atoms with Crippen LogP contribution < -0.4 is 10.1 Å². The van der Waals surface area contributed by atoms with Crippen LogP contribution in [-0.4, -0.2) is 28.9 Å². The molecule has 2 rings (SSSR count). The number of halogens is 2. The van der Waals surface area contributed by atoms with E-state index in [4.69, 9.17) is 4.74 Å². The van der Waals surface area contributed by atoms with Crippen LogP contribution in [0.4, 0.5) is 8.78 Å². The highest BCUT2D eigenvalue weighted by molar-refractivity contribution is 7.11. The first-order valence-corrected chi connectivity index (χ1v) is 6.93. The van der Waals surface area contributed by atoms with Crippen LogP contribution in [0.3, 0.4) is 0 Å². The molecule has 0 unspecified atom stereocenters. The van der Waals surface area contributed by atoms with E-state index in [1.807, 2.05) is 6.92 Å². The Morgan fingerprint density at radius 3 is 2.95 bits per heavy atom.